The third-order valence-corrected chi connectivity index (χ3v) is 10.9. The van der Waals surface area contributed by atoms with Crippen LogP contribution in [0.25, 0.3) is 66.4 Å². The van der Waals surface area contributed by atoms with Gasteiger partial charge in [0.1, 0.15) is 11.3 Å². The van der Waals surface area contributed by atoms with Crippen LogP contribution in [0, 0.1) is 0 Å². The third-order valence-electron chi connectivity index (χ3n) is 10.9. The molecule has 0 amide bonds. The fourth-order valence-electron chi connectivity index (χ4n) is 7.57. The molecule has 56 heavy (non-hydrogen) atoms. The van der Waals surface area contributed by atoms with Gasteiger partial charge in [0.15, 0.2) is 5.58 Å². The quantitative estimate of drug-likeness (QED) is 0.179. The van der Waals surface area contributed by atoms with Crippen molar-refractivity contribution < 1.29 is 9.52 Å². The first kappa shape index (κ1) is 36.9. The van der Waals surface area contributed by atoms with E-state index in [2.05, 4.69) is 178 Å². The molecule has 280 valence electrons. The molecule has 4 nitrogen and oxygen atoms in total. The van der Waals surface area contributed by atoms with Crippen LogP contribution >= 0.6 is 0 Å². The number of phenolic OH excluding ortho intramolecular Hbond substituents is 1. The molecule has 0 saturated carbocycles. The van der Waals surface area contributed by atoms with Gasteiger partial charge in [-0.2, -0.15) is 0 Å². The van der Waals surface area contributed by atoms with E-state index in [-0.39, 0.29) is 22.0 Å². The van der Waals surface area contributed by atoms with E-state index in [1.165, 1.54) is 27.5 Å². The lowest BCUT2D eigenvalue weighted by Gasteiger charge is -2.27. The second-order valence-corrected chi connectivity index (χ2v) is 18.1. The minimum Gasteiger partial charge on any atom is -0.507 e. The summed E-state index contributed by atoms with van der Waals surface area (Å²) < 4.78 is 6.75. The lowest BCUT2D eigenvalue weighted by Crippen LogP contribution is -2.17. The maximum absolute atomic E-state index is 11.6. The predicted molar refractivity (Wildman–Crippen MR) is 237 cm³/mol. The van der Waals surface area contributed by atoms with Gasteiger partial charge < -0.3 is 9.52 Å². The summed E-state index contributed by atoms with van der Waals surface area (Å²) in [5.74, 6) is 0.754. The molecule has 8 rings (SSSR count). The third kappa shape index (κ3) is 6.90. The van der Waals surface area contributed by atoms with E-state index in [0.717, 1.165) is 55.4 Å². The summed E-state index contributed by atoms with van der Waals surface area (Å²) in [6.07, 6.45) is 1.80. The molecule has 4 heteroatoms. The molecule has 1 N–H and O–H groups in total. The van der Waals surface area contributed by atoms with Crippen molar-refractivity contribution in [1.82, 2.24) is 4.98 Å². The van der Waals surface area contributed by atoms with Crippen molar-refractivity contribution in [2.75, 3.05) is 0 Å². The molecule has 0 aliphatic carbocycles. The lowest BCUT2D eigenvalue weighted by molar-refractivity contribution is 0.444. The second-order valence-electron chi connectivity index (χ2n) is 18.1. The first-order chi connectivity index (χ1) is 26.6. The number of aromatic hydroxyl groups is 1. The molecular weight excluding hydrogens is 685 g/mol. The van der Waals surface area contributed by atoms with E-state index in [9.17, 15) is 5.11 Å². The average molecular weight is 735 g/mol. The minimum atomic E-state index is -0.253. The van der Waals surface area contributed by atoms with Crippen LogP contribution in [-0.4, -0.2) is 16.3 Å². The summed E-state index contributed by atoms with van der Waals surface area (Å²) in [7, 11) is 0. The van der Waals surface area contributed by atoms with Crippen LogP contribution in [0.4, 0.5) is 5.69 Å². The van der Waals surface area contributed by atoms with Crippen molar-refractivity contribution in [2.24, 2.45) is 4.99 Å². The average Bonchev–Trinajstić information content (AvgIpc) is 3.60. The van der Waals surface area contributed by atoms with Gasteiger partial charge in [0.05, 0.1) is 11.3 Å². The normalized spacial score (nSPS) is 12.7. The monoisotopic (exact) mass is 734 g/mol. The Hall–Kier alpha value is -6.00. The lowest BCUT2D eigenvalue weighted by atomic mass is 9.79. The maximum atomic E-state index is 11.6. The zero-order valence-electron chi connectivity index (χ0n) is 34.0. The molecule has 1 aromatic heterocycles. The van der Waals surface area contributed by atoms with Crippen LogP contribution in [0.3, 0.4) is 0 Å². The molecule has 0 atom stereocenters. The molecule has 0 radical (unpaired) electrons. The SMILES string of the molecule is CC(C)(C)c1cc(C=Nc2c(-c3nc4c(-c5ccc(-c6cccc7ccccc67)cc5)cc(C(C)(C)C)cc4o3)ccc3ccccc23)c(O)c(C(C)(C)C)c1. The van der Waals surface area contributed by atoms with E-state index in [1.807, 2.05) is 12.1 Å². The van der Waals surface area contributed by atoms with Crippen molar-refractivity contribution in [3.05, 3.63) is 150 Å². The minimum absolute atomic E-state index is 0.112. The number of benzene rings is 7. The summed E-state index contributed by atoms with van der Waals surface area (Å²) in [6.45, 7) is 19.7. The molecule has 0 saturated heterocycles. The van der Waals surface area contributed by atoms with Gasteiger partial charge in [0.25, 0.3) is 0 Å². The largest absolute Gasteiger partial charge is 0.507 e. The van der Waals surface area contributed by atoms with Gasteiger partial charge in [-0.05, 0) is 84.5 Å². The molecule has 0 spiro atoms. The van der Waals surface area contributed by atoms with Gasteiger partial charge in [-0.25, -0.2) is 4.98 Å². The number of aromatic nitrogens is 1. The molecule has 0 aliphatic heterocycles. The number of fused-ring (bicyclic) bond motifs is 3. The number of hydrogen-bond donors (Lipinski definition) is 1. The van der Waals surface area contributed by atoms with Gasteiger partial charge in [-0.15, -0.1) is 0 Å². The van der Waals surface area contributed by atoms with Gasteiger partial charge in [-0.3, -0.25) is 4.99 Å². The highest BCUT2D eigenvalue weighted by Gasteiger charge is 2.26. The number of phenols is 1. The first-order valence-corrected chi connectivity index (χ1v) is 19.5. The van der Waals surface area contributed by atoms with E-state index >= 15 is 0 Å². The number of rotatable bonds is 5. The molecule has 0 aliphatic rings. The van der Waals surface area contributed by atoms with E-state index in [1.54, 1.807) is 6.21 Å². The Bertz CT molecular complexity index is 2790. The number of hydrogen-bond acceptors (Lipinski definition) is 4. The topological polar surface area (TPSA) is 58.6 Å². The number of nitrogens with zero attached hydrogens (tertiary/aromatic N) is 2. The van der Waals surface area contributed by atoms with Gasteiger partial charge in [0.2, 0.25) is 5.89 Å². The fourth-order valence-corrected chi connectivity index (χ4v) is 7.57. The summed E-state index contributed by atoms with van der Waals surface area (Å²) in [5.41, 5.74) is 11.0. The van der Waals surface area contributed by atoms with Crippen molar-refractivity contribution in [3.8, 4) is 39.5 Å². The summed E-state index contributed by atoms with van der Waals surface area (Å²) in [4.78, 5) is 10.4. The molecule has 0 unspecified atom stereocenters. The highest BCUT2D eigenvalue weighted by Crippen LogP contribution is 2.43. The van der Waals surface area contributed by atoms with Crippen LogP contribution in [-0.2, 0) is 16.2 Å². The fraction of sp³-hybridized carbons (Fsp3) is 0.231. The number of aliphatic imine (C=N–C) groups is 1. The predicted octanol–water partition coefficient (Wildman–Crippen LogP) is 14.5. The molecule has 7 aromatic carbocycles. The maximum Gasteiger partial charge on any atom is 0.229 e. The van der Waals surface area contributed by atoms with Crippen molar-refractivity contribution in [1.29, 1.82) is 0 Å². The molecule has 8 aromatic rings. The van der Waals surface area contributed by atoms with Crippen LogP contribution in [0.15, 0.2) is 137 Å². The zero-order valence-corrected chi connectivity index (χ0v) is 34.0. The highest BCUT2D eigenvalue weighted by atomic mass is 16.3. The Labute approximate surface area is 330 Å². The Balaban J connectivity index is 1.28. The Kier molecular flexibility index (Phi) is 9.00. The van der Waals surface area contributed by atoms with Crippen LogP contribution < -0.4 is 0 Å². The van der Waals surface area contributed by atoms with E-state index in [0.29, 0.717) is 11.5 Å². The van der Waals surface area contributed by atoms with Gasteiger partial charge >= 0.3 is 0 Å². The zero-order chi connectivity index (χ0) is 39.6. The van der Waals surface area contributed by atoms with Crippen molar-refractivity contribution in [2.45, 2.75) is 78.6 Å². The summed E-state index contributed by atoms with van der Waals surface area (Å²) in [6, 6.07) is 44.8. The second kappa shape index (κ2) is 13.6. The van der Waals surface area contributed by atoms with Crippen LogP contribution in [0.1, 0.15) is 84.6 Å². The molecule has 0 bridgehead atoms. The Morgan fingerprint density at radius 1 is 0.554 bits per heavy atom. The van der Waals surface area contributed by atoms with Crippen LogP contribution in [0.5, 0.6) is 5.75 Å². The number of oxazole rings is 1. The van der Waals surface area contributed by atoms with E-state index in [4.69, 9.17) is 14.4 Å². The Morgan fingerprint density at radius 3 is 1.80 bits per heavy atom. The summed E-state index contributed by atoms with van der Waals surface area (Å²) >= 11 is 0. The smallest absolute Gasteiger partial charge is 0.229 e. The summed E-state index contributed by atoms with van der Waals surface area (Å²) in [5, 5.41) is 16.1. The first-order valence-electron chi connectivity index (χ1n) is 19.5. The molecular formula is C52H50N2O2. The highest BCUT2D eigenvalue weighted by molar-refractivity contribution is 6.03. The molecule has 0 fully saturated rings. The van der Waals surface area contributed by atoms with Crippen molar-refractivity contribution in [3.63, 3.8) is 0 Å². The standard InChI is InChI=1S/C52H50N2O2/c1-50(2,3)37-27-36(48(55)44(29-37)52(7,8)9)31-53-46-41-19-13-11-16-33(41)25-26-42(46)49-54-47-43(28-38(51(4,5)6)30-45(47)56-49)35-23-21-34(22-24-35)40-20-14-17-32-15-10-12-18-39(32)40/h10-31,55H,1-9H3. The van der Waals surface area contributed by atoms with Crippen LogP contribution in [0.2, 0.25) is 0 Å². The Morgan fingerprint density at radius 2 is 1.14 bits per heavy atom. The molecule has 1 heterocycles. The van der Waals surface area contributed by atoms with Gasteiger partial charge in [-0.1, -0.05) is 165 Å². The van der Waals surface area contributed by atoms with Gasteiger partial charge in [0, 0.05) is 28.3 Å². The van der Waals surface area contributed by atoms with E-state index < -0.39 is 0 Å². The van der Waals surface area contributed by atoms with Crippen molar-refractivity contribution >= 4 is 44.5 Å².